The quantitative estimate of drug-likeness (QED) is 0.747. The molecule has 0 saturated heterocycles. The van der Waals surface area contributed by atoms with Crippen LogP contribution in [0, 0.1) is 5.92 Å². The summed E-state index contributed by atoms with van der Waals surface area (Å²) >= 11 is 0. The van der Waals surface area contributed by atoms with Crippen LogP contribution < -0.4 is 11.1 Å². The molecule has 0 aromatic heterocycles. The van der Waals surface area contributed by atoms with Gasteiger partial charge in [-0.3, -0.25) is 0 Å². The third-order valence-corrected chi connectivity index (χ3v) is 3.34. The van der Waals surface area contributed by atoms with E-state index in [0.717, 1.165) is 5.56 Å². The van der Waals surface area contributed by atoms with Crippen molar-refractivity contribution in [2.75, 3.05) is 6.54 Å². The normalized spacial score (nSPS) is 13.7. The lowest BCUT2D eigenvalue weighted by Crippen LogP contribution is -2.48. The van der Waals surface area contributed by atoms with Crippen LogP contribution in [0.2, 0.25) is 0 Å². The smallest absolute Gasteiger partial charge is 0.408 e. The lowest BCUT2D eigenvalue weighted by molar-refractivity contribution is -0.158. The summed E-state index contributed by atoms with van der Waals surface area (Å²) in [5.74, 6) is -0.644. The molecule has 0 radical (unpaired) electrons. The van der Waals surface area contributed by atoms with E-state index in [9.17, 15) is 9.59 Å². The Labute approximate surface area is 143 Å². The minimum atomic E-state index is -0.795. The molecule has 24 heavy (non-hydrogen) atoms. The predicted molar refractivity (Wildman–Crippen MR) is 92.2 cm³/mol. The first-order valence-electron chi connectivity index (χ1n) is 8.13. The number of nitrogens with two attached hydrogens (primary N) is 1. The van der Waals surface area contributed by atoms with Crippen LogP contribution in [0.1, 0.15) is 39.7 Å². The Kier molecular flexibility index (Phi) is 7.71. The first kappa shape index (κ1) is 20.0. The zero-order valence-electron chi connectivity index (χ0n) is 14.9. The van der Waals surface area contributed by atoms with E-state index in [4.69, 9.17) is 15.2 Å². The van der Waals surface area contributed by atoms with E-state index in [-0.39, 0.29) is 12.5 Å². The Hall–Kier alpha value is -2.08. The molecule has 0 heterocycles. The summed E-state index contributed by atoms with van der Waals surface area (Å²) in [6.45, 7) is 7.75. The highest BCUT2D eigenvalue weighted by Crippen LogP contribution is 2.15. The molecular weight excluding hydrogens is 308 g/mol. The molecule has 0 spiro atoms. The molecule has 134 valence electrons. The lowest BCUT2D eigenvalue weighted by Gasteiger charge is -2.27. The van der Waals surface area contributed by atoms with Crippen molar-refractivity contribution >= 4 is 12.1 Å². The SMILES string of the molecule is C[C@H](CCN)[C@H](NC(=O)OCc1ccccc1)C(=O)OC(C)(C)C. The van der Waals surface area contributed by atoms with Crippen molar-refractivity contribution in [3.63, 3.8) is 0 Å². The standard InChI is InChI=1S/C18H28N2O4/c1-13(10-11-19)15(16(21)24-18(2,3)4)20-17(22)23-12-14-8-6-5-7-9-14/h5-9,13,15H,10-12,19H2,1-4H3,(H,20,22)/t13-,15+/m1/s1. The van der Waals surface area contributed by atoms with Gasteiger partial charge in [0.15, 0.2) is 0 Å². The van der Waals surface area contributed by atoms with Gasteiger partial charge in [-0.15, -0.1) is 0 Å². The van der Waals surface area contributed by atoms with E-state index in [1.165, 1.54) is 0 Å². The maximum atomic E-state index is 12.4. The van der Waals surface area contributed by atoms with E-state index < -0.39 is 23.7 Å². The van der Waals surface area contributed by atoms with Gasteiger partial charge in [-0.2, -0.15) is 0 Å². The number of alkyl carbamates (subject to hydrolysis) is 1. The Bertz CT molecular complexity index is 526. The summed E-state index contributed by atoms with van der Waals surface area (Å²) in [6.07, 6.45) is -0.0679. The number of hydrogen-bond acceptors (Lipinski definition) is 5. The molecule has 0 saturated carbocycles. The van der Waals surface area contributed by atoms with Gasteiger partial charge >= 0.3 is 12.1 Å². The van der Waals surface area contributed by atoms with E-state index >= 15 is 0 Å². The van der Waals surface area contributed by atoms with Crippen LogP contribution >= 0.6 is 0 Å². The van der Waals surface area contributed by atoms with Gasteiger partial charge in [-0.1, -0.05) is 37.3 Å². The Morgan fingerprint density at radius 2 is 1.83 bits per heavy atom. The molecule has 6 heteroatoms. The number of esters is 1. The summed E-state index contributed by atoms with van der Waals surface area (Å²) in [7, 11) is 0. The number of nitrogens with one attached hydrogen (secondary N) is 1. The van der Waals surface area contributed by atoms with Crippen molar-refractivity contribution in [2.45, 2.75) is 52.4 Å². The molecule has 1 amide bonds. The second kappa shape index (κ2) is 9.27. The summed E-state index contributed by atoms with van der Waals surface area (Å²) in [5, 5.41) is 2.60. The number of carbonyl (C=O) groups is 2. The Morgan fingerprint density at radius 1 is 1.21 bits per heavy atom. The Morgan fingerprint density at radius 3 is 2.38 bits per heavy atom. The fraction of sp³-hybridized carbons (Fsp3) is 0.556. The largest absolute Gasteiger partial charge is 0.458 e. The summed E-state index contributed by atoms with van der Waals surface area (Å²) in [5.41, 5.74) is 5.80. The molecule has 0 fully saturated rings. The van der Waals surface area contributed by atoms with Crippen LogP contribution in [-0.2, 0) is 20.9 Å². The molecule has 1 aromatic carbocycles. The van der Waals surface area contributed by atoms with E-state index in [1.807, 2.05) is 37.3 Å². The molecule has 3 N–H and O–H groups in total. The number of hydrogen-bond donors (Lipinski definition) is 2. The summed E-state index contributed by atoms with van der Waals surface area (Å²) < 4.78 is 10.6. The fourth-order valence-electron chi connectivity index (χ4n) is 2.12. The Balaban J connectivity index is 2.65. The van der Waals surface area contributed by atoms with Crippen molar-refractivity contribution in [2.24, 2.45) is 11.7 Å². The molecule has 0 bridgehead atoms. The molecule has 1 aromatic rings. The molecule has 0 aliphatic carbocycles. The van der Waals surface area contributed by atoms with Crippen molar-refractivity contribution in [1.29, 1.82) is 0 Å². The van der Waals surface area contributed by atoms with Crippen molar-refractivity contribution in [3.8, 4) is 0 Å². The van der Waals surface area contributed by atoms with Gasteiger partial charge in [0.1, 0.15) is 18.2 Å². The van der Waals surface area contributed by atoms with E-state index in [1.54, 1.807) is 20.8 Å². The van der Waals surface area contributed by atoms with Crippen molar-refractivity contribution in [1.82, 2.24) is 5.32 Å². The predicted octanol–water partition coefficient (Wildman–Crippen LogP) is 2.61. The van der Waals surface area contributed by atoms with Gasteiger partial charge in [-0.25, -0.2) is 9.59 Å². The zero-order chi connectivity index (χ0) is 18.2. The molecule has 0 unspecified atom stereocenters. The average molecular weight is 336 g/mol. The fourth-order valence-corrected chi connectivity index (χ4v) is 2.12. The highest BCUT2D eigenvalue weighted by molar-refractivity contribution is 5.81. The number of amides is 1. The summed E-state index contributed by atoms with van der Waals surface area (Å²) in [6, 6.07) is 8.53. The summed E-state index contributed by atoms with van der Waals surface area (Å²) in [4.78, 5) is 24.4. The molecule has 0 aliphatic rings. The number of carbonyl (C=O) groups excluding carboxylic acids is 2. The maximum Gasteiger partial charge on any atom is 0.408 e. The van der Waals surface area contributed by atoms with Crippen LogP contribution in [0.5, 0.6) is 0 Å². The minimum Gasteiger partial charge on any atom is -0.458 e. The van der Waals surface area contributed by atoms with Gasteiger partial charge in [0, 0.05) is 0 Å². The van der Waals surface area contributed by atoms with Crippen molar-refractivity contribution < 1.29 is 19.1 Å². The molecule has 2 atom stereocenters. The number of ether oxygens (including phenoxy) is 2. The minimum absolute atomic E-state index is 0.138. The van der Waals surface area contributed by atoms with Crippen LogP contribution in [0.25, 0.3) is 0 Å². The van der Waals surface area contributed by atoms with Crippen LogP contribution in [0.3, 0.4) is 0 Å². The van der Waals surface area contributed by atoms with E-state index in [2.05, 4.69) is 5.32 Å². The van der Waals surface area contributed by atoms with Gasteiger partial charge < -0.3 is 20.5 Å². The third kappa shape index (κ3) is 7.46. The van der Waals surface area contributed by atoms with Gasteiger partial charge in [0.2, 0.25) is 0 Å². The second-order valence-electron chi connectivity index (χ2n) is 6.77. The third-order valence-electron chi connectivity index (χ3n) is 3.34. The van der Waals surface area contributed by atoms with Gasteiger partial charge in [-0.05, 0) is 45.2 Å². The molecule has 1 rings (SSSR count). The topological polar surface area (TPSA) is 90.6 Å². The lowest BCUT2D eigenvalue weighted by atomic mass is 9.98. The zero-order valence-corrected chi connectivity index (χ0v) is 14.9. The molecule has 0 aliphatic heterocycles. The average Bonchev–Trinajstić information content (AvgIpc) is 2.50. The maximum absolute atomic E-state index is 12.4. The first-order chi connectivity index (χ1) is 11.2. The highest BCUT2D eigenvalue weighted by atomic mass is 16.6. The van der Waals surface area contributed by atoms with Crippen LogP contribution in [0.4, 0.5) is 4.79 Å². The monoisotopic (exact) mass is 336 g/mol. The first-order valence-corrected chi connectivity index (χ1v) is 8.13. The second-order valence-corrected chi connectivity index (χ2v) is 6.77. The van der Waals surface area contributed by atoms with Crippen LogP contribution in [0.15, 0.2) is 30.3 Å². The van der Waals surface area contributed by atoms with Crippen LogP contribution in [-0.4, -0.2) is 30.3 Å². The van der Waals surface area contributed by atoms with Gasteiger partial charge in [0.05, 0.1) is 0 Å². The number of benzene rings is 1. The van der Waals surface area contributed by atoms with E-state index in [0.29, 0.717) is 13.0 Å². The molecule has 6 nitrogen and oxygen atoms in total. The van der Waals surface area contributed by atoms with Gasteiger partial charge in [0.25, 0.3) is 0 Å². The highest BCUT2D eigenvalue weighted by Gasteiger charge is 2.31. The number of rotatable bonds is 7. The van der Waals surface area contributed by atoms with Crippen molar-refractivity contribution in [3.05, 3.63) is 35.9 Å². The molecular formula is C18H28N2O4.